The SMILES string of the molecule is C=Cc1nc(C)c(O)c(CS)c1CO. The highest BCUT2D eigenvalue weighted by Gasteiger charge is 2.13. The molecule has 0 bridgehead atoms. The highest BCUT2D eigenvalue weighted by Crippen LogP contribution is 2.28. The molecule has 0 aliphatic rings. The van der Waals surface area contributed by atoms with E-state index in [2.05, 4.69) is 24.2 Å². The Morgan fingerprint density at radius 3 is 2.57 bits per heavy atom. The second-order valence-electron chi connectivity index (χ2n) is 2.91. The standard InChI is InChI=1S/C10H13NO2S/c1-3-9-7(4-12)8(5-14)10(13)6(2)11-9/h3,12-14H,1,4-5H2,2H3. The molecule has 0 aromatic carbocycles. The van der Waals surface area contributed by atoms with Crippen LogP contribution in [0.1, 0.15) is 22.5 Å². The summed E-state index contributed by atoms with van der Waals surface area (Å²) < 4.78 is 0. The first-order valence-electron chi connectivity index (χ1n) is 4.21. The maximum atomic E-state index is 9.67. The van der Waals surface area contributed by atoms with Crippen LogP contribution in [0, 0.1) is 6.92 Å². The normalized spacial score (nSPS) is 10.2. The molecule has 2 N–H and O–H groups in total. The monoisotopic (exact) mass is 211 g/mol. The smallest absolute Gasteiger partial charge is 0.141 e. The Morgan fingerprint density at radius 1 is 1.50 bits per heavy atom. The van der Waals surface area contributed by atoms with Gasteiger partial charge >= 0.3 is 0 Å². The Bertz CT molecular complexity index is 364. The summed E-state index contributed by atoms with van der Waals surface area (Å²) in [5, 5.41) is 18.8. The lowest BCUT2D eigenvalue weighted by Gasteiger charge is -2.12. The van der Waals surface area contributed by atoms with E-state index in [1.54, 1.807) is 13.0 Å². The average Bonchev–Trinajstić information content (AvgIpc) is 2.20. The van der Waals surface area contributed by atoms with Gasteiger partial charge in [-0.1, -0.05) is 6.58 Å². The van der Waals surface area contributed by atoms with E-state index < -0.39 is 0 Å². The third-order valence-electron chi connectivity index (χ3n) is 2.10. The number of aromatic hydroxyl groups is 1. The second kappa shape index (κ2) is 4.48. The van der Waals surface area contributed by atoms with E-state index in [9.17, 15) is 5.11 Å². The van der Waals surface area contributed by atoms with Crippen LogP contribution >= 0.6 is 12.6 Å². The highest BCUT2D eigenvalue weighted by molar-refractivity contribution is 7.79. The Labute approximate surface area is 88.5 Å². The Balaban J connectivity index is 3.49. The van der Waals surface area contributed by atoms with Gasteiger partial charge in [0, 0.05) is 16.9 Å². The van der Waals surface area contributed by atoms with Crippen LogP contribution in [0.25, 0.3) is 6.08 Å². The van der Waals surface area contributed by atoms with Crippen molar-refractivity contribution in [3.05, 3.63) is 29.1 Å². The molecule has 0 aliphatic heterocycles. The van der Waals surface area contributed by atoms with Gasteiger partial charge in [-0.3, -0.25) is 0 Å². The topological polar surface area (TPSA) is 53.4 Å². The van der Waals surface area contributed by atoms with Crippen molar-refractivity contribution in [1.82, 2.24) is 4.98 Å². The van der Waals surface area contributed by atoms with Gasteiger partial charge in [0.2, 0.25) is 0 Å². The van der Waals surface area contributed by atoms with Crippen molar-refractivity contribution < 1.29 is 10.2 Å². The summed E-state index contributed by atoms with van der Waals surface area (Å²) in [6, 6.07) is 0. The number of aryl methyl sites for hydroxylation is 1. The van der Waals surface area contributed by atoms with Crippen molar-refractivity contribution in [3.8, 4) is 5.75 Å². The first kappa shape index (κ1) is 11.1. The highest BCUT2D eigenvalue weighted by atomic mass is 32.1. The minimum atomic E-state index is -0.169. The number of hydrogen-bond acceptors (Lipinski definition) is 4. The van der Waals surface area contributed by atoms with Crippen molar-refractivity contribution in [3.63, 3.8) is 0 Å². The summed E-state index contributed by atoms with van der Waals surface area (Å²) in [7, 11) is 0. The van der Waals surface area contributed by atoms with Crippen LogP contribution in [0.3, 0.4) is 0 Å². The molecule has 3 nitrogen and oxygen atoms in total. The third-order valence-corrected chi connectivity index (χ3v) is 2.42. The molecule has 0 spiro atoms. The van der Waals surface area contributed by atoms with Crippen LogP contribution in [0.5, 0.6) is 5.75 Å². The van der Waals surface area contributed by atoms with Crippen LogP contribution in [-0.2, 0) is 12.4 Å². The van der Waals surface area contributed by atoms with Gasteiger partial charge in [-0.2, -0.15) is 12.6 Å². The predicted octanol–water partition coefficient (Wildman–Crippen LogP) is 1.66. The maximum Gasteiger partial charge on any atom is 0.141 e. The number of aliphatic hydroxyl groups excluding tert-OH is 1. The molecular weight excluding hydrogens is 198 g/mol. The Morgan fingerprint density at radius 2 is 2.14 bits per heavy atom. The molecule has 0 saturated carbocycles. The van der Waals surface area contributed by atoms with Crippen LogP contribution in [0.2, 0.25) is 0 Å². The first-order valence-corrected chi connectivity index (χ1v) is 4.84. The second-order valence-corrected chi connectivity index (χ2v) is 3.22. The van der Waals surface area contributed by atoms with Crippen LogP contribution in [0.15, 0.2) is 6.58 Å². The zero-order chi connectivity index (χ0) is 10.7. The molecule has 0 atom stereocenters. The summed E-state index contributed by atoms with van der Waals surface area (Å²) in [5.41, 5.74) is 2.35. The van der Waals surface area contributed by atoms with Gasteiger partial charge in [0.1, 0.15) is 5.75 Å². The molecule has 1 rings (SSSR count). The zero-order valence-electron chi connectivity index (χ0n) is 7.99. The molecule has 0 aliphatic carbocycles. The Kier molecular flexibility index (Phi) is 3.55. The van der Waals surface area contributed by atoms with Crippen molar-refractivity contribution in [1.29, 1.82) is 0 Å². The van der Waals surface area contributed by atoms with Gasteiger partial charge < -0.3 is 10.2 Å². The van der Waals surface area contributed by atoms with E-state index in [0.717, 1.165) is 0 Å². The lowest BCUT2D eigenvalue weighted by Crippen LogP contribution is -2.01. The van der Waals surface area contributed by atoms with Crippen molar-refractivity contribution in [2.45, 2.75) is 19.3 Å². The molecule has 0 amide bonds. The third kappa shape index (κ3) is 1.76. The molecule has 76 valence electrons. The largest absolute Gasteiger partial charge is 0.506 e. The minimum absolute atomic E-state index is 0.106. The van der Waals surface area contributed by atoms with E-state index in [-0.39, 0.29) is 12.4 Å². The zero-order valence-corrected chi connectivity index (χ0v) is 8.88. The number of pyridine rings is 1. The van der Waals surface area contributed by atoms with Gasteiger partial charge in [0.25, 0.3) is 0 Å². The molecule has 0 fully saturated rings. The molecule has 1 aromatic heterocycles. The lowest BCUT2D eigenvalue weighted by molar-refractivity contribution is 0.279. The molecule has 0 unspecified atom stereocenters. The number of nitrogens with zero attached hydrogens (tertiary/aromatic N) is 1. The summed E-state index contributed by atoms with van der Waals surface area (Å²) in [6.45, 7) is 5.14. The number of thiol groups is 1. The predicted molar refractivity (Wildman–Crippen MR) is 59.3 cm³/mol. The van der Waals surface area contributed by atoms with E-state index >= 15 is 0 Å². The van der Waals surface area contributed by atoms with E-state index in [4.69, 9.17) is 5.11 Å². The molecule has 14 heavy (non-hydrogen) atoms. The fourth-order valence-corrected chi connectivity index (χ4v) is 1.67. The van der Waals surface area contributed by atoms with Gasteiger partial charge in [0.15, 0.2) is 0 Å². The maximum absolute atomic E-state index is 9.67. The number of hydrogen-bond donors (Lipinski definition) is 3. The fraction of sp³-hybridized carbons (Fsp3) is 0.300. The molecule has 0 saturated heterocycles. The number of aliphatic hydroxyl groups is 1. The van der Waals surface area contributed by atoms with E-state index in [1.807, 2.05) is 0 Å². The number of aromatic nitrogens is 1. The van der Waals surface area contributed by atoms with Crippen molar-refractivity contribution >= 4 is 18.7 Å². The van der Waals surface area contributed by atoms with Crippen LogP contribution in [-0.4, -0.2) is 15.2 Å². The van der Waals surface area contributed by atoms with Crippen molar-refractivity contribution in [2.24, 2.45) is 0 Å². The van der Waals surface area contributed by atoms with Gasteiger partial charge in [0.05, 0.1) is 18.0 Å². The summed E-state index contributed by atoms with van der Waals surface area (Å²) in [4.78, 5) is 4.11. The van der Waals surface area contributed by atoms with E-state index in [1.165, 1.54) is 0 Å². The average molecular weight is 211 g/mol. The minimum Gasteiger partial charge on any atom is -0.506 e. The van der Waals surface area contributed by atoms with Crippen molar-refractivity contribution in [2.75, 3.05) is 0 Å². The Hall–Kier alpha value is -1.00. The van der Waals surface area contributed by atoms with Gasteiger partial charge in [-0.15, -0.1) is 0 Å². The summed E-state index contributed by atoms with van der Waals surface area (Å²) >= 11 is 4.10. The molecule has 1 heterocycles. The quantitative estimate of drug-likeness (QED) is 0.666. The van der Waals surface area contributed by atoms with Gasteiger partial charge in [-0.05, 0) is 13.0 Å². The molecule has 1 aromatic rings. The molecular formula is C10H13NO2S. The molecule has 4 heteroatoms. The summed E-state index contributed by atoms with van der Waals surface area (Å²) in [6.07, 6.45) is 1.56. The van der Waals surface area contributed by atoms with Crippen LogP contribution in [0.4, 0.5) is 0 Å². The van der Waals surface area contributed by atoms with Gasteiger partial charge in [-0.25, -0.2) is 4.98 Å². The lowest BCUT2D eigenvalue weighted by atomic mass is 10.1. The number of rotatable bonds is 3. The van der Waals surface area contributed by atoms with Crippen LogP contribution < -0.4 is 0 Å². The molecule has 0 radical (unpaired) electrons. The first-order chi connectivity index (χ1) is 6.65. The van der Waals surface area contributed by atoms with E-state index in [0.29, 0.717) is 28.3 Å². The summed E-state index contributed by atoms with van der Waals surface area (Å²) in [5.74, 6) is 0.473. The fourth-order valence-electron chi connectivity index (χ4n) is 1.33.